The summed E-state index contributed by atoms with van der Waals surface area (Å²) >= 11 is 3.38. The third-order valence-electron chi connectivity index (χ3n) is 5.12. The minimum atomic E-state index is -3.92. The lowest BCUT2D eigenvalue weighted by molar-refractivity contribution is -0.119. The molecule has 0 saturated heterocycles. The Morgan fingerprint density at radius 1 is 1.03 bits per heavy atom. The molecule has 0 saturated carbocycles. The monoisotopic (exact) mass is 530 g/mol. The van der Waals surface area contributed by atoms with Crippen molar-refractivity contribution in [3.63, 3.8) is 0 Å². The number of nitrogens with zero attached hydrogens (tertiary/aromatic N) is 1. The van der Waals surface area contributed by atoms with Crippen molar-refractivity contribution in [3.8, 4) is 5.75 Å². The number of sulfonamides is 1. The molecule has 3 rings (SSSR count). The first-order chi connectivity index (χ1) is 15.8. The van der Waals surface area contributed by atoms with E-state index in [9.17, 15) is 13.2 Å². The van der Waals surface area contributed by atoms with Gasteiger partial charge in [0.2, 0.25) is 5.91 Å². The number of carbonyl (C=O) groups is 1. The number of benzene rings is 3. The maximum absolute atomic E-state index is 13.4. The Balaban J connectivity index is 1.68. The Kier molecular flexibility index (Phi) is 8.52. The van der Waals surface area contributed by atoms with Gasteiger partial charge in [-0.2, -0.15) is 0 Å². The molecule has 8 heteroatoms. The van der Waals surface area contributed by atoms with Crippen LogP contribution in [0.3, 0.4) is 0 Å². The van der Waals surface area contributed by atoms with Crippen molar-refractivity contribution in [2.45, 2.75) is 24.7 Å². The van der Waals surface area contributed by atoms with Gasteiger partial charge in [0.25, 0.3) is 10.0 Å². The van der Waals surface area contributed by atoms with Crippen LogP contribution in [-0.2, 0) is 21.2 Å². The zero-order valence-electron chi connectivity index (χ0n) is 18.6. The summed E-state index contributed by atoms with van der Waals surface area (Å²) in [7, 11) is -2.30. The van der Waals surface area contributed by atoms with Crippen molar-refractivity contribution in [2.75, 3.05) is 24.5 Å². The van der Waals surface area contributed by atoms with E-state index in [1.807, 2.05) is 31.2 Å². The predicted molar refractivity (Wildman–Crippen MR) is 134 cm³/mol. The SMILES string of the molecule is COc1ccc(CCCNC(=O)CN(c2cccc(Br)c2)S(=O)(=O)c2ccc(C)cc2)cc1. The lowest BCUT2D eigenvalue weighted by Gasteiger charge is -2.24. The molecule has 1 N–H and O–H groups in total. The molecule has 3 aromatic rings. The largest absolute Gasteiger partial charge is 0.497 e. The molecule has 0 atom stereocenters. The van der Waals surface area contributed by atoms with Gasteiger partial charge in [0, 0.05) is 11.0 Å². The van der Waals surface area contributed by atoms with E-state index in [1.165, 1.54) is 0 Å². The number of anilines is 1. The van der Waals surface area contributed by atoms with Gasteiger partial charge in [0.15, 0.2) is 0 Å². The molecule has 1 amide bonds. The molecule has 0 aromatic heterocycles. The lowest BCUT2D eigenvalue weighted by atomic mass is 10.1. The average Bonchev–Trinajstić information content (AvgIpc) is 2.81. The summed E-state index contributed by atoms with van der Waals surface area (Å²) in [6.45, 7) is 2.03. The van der Waals surface area contributed by atoms with Gasteiger partial charge >= 0.3 is 0 Å². The van der Waals surface area contributed by atoms with Gasteiger partial charge in [-0.15, -0.1) is 0 Å². The number of halogens is 1. The lowest BCUT2D eigenvalue weighted by Crippen LogP contribution is -2.41. The van der Waals surface area contributed by atoms with Crippen molar-refractivity contribution in [2.24, 2.45) is 0 Å². The summed E-state index contributed by atoms with van der Waals surface area (Å²) in [6, 6.07) is 21.3. The van der Waals surface area contributed by atoms with Gasteiger partial charge in [0.05, 0.1) is 17.7 Å². The average molecular weight is 531 g/mol. The number of hydrogen-bond donors (Lipinski definition) is 1. The maximum Gasteiger partial charge on any atom is 0.264 e. The van der Waals surface area contributed by atoms with E-state index in [4.69, 9.17) is 4.74 Å². The van der Waals surface area contributed by atoms with Crippen molar-refractivity contribution in [3.05, 3.63) is 88.4 Å². The van der Waals surface area contributed by atoms with Crippen molar-refractivity contribution in [1.82, 2.24) is 5.32 Å². The number of nitrogens with one attached hydrogen (secondary N) is 1. The van der Waals surface area contributed by atoms with Crippen LogP contribution in [0.15, 0.2) is 82.2 Å². The normalized spacial score (nSPS) is 11.1. The van der Waals surface area contributed by atoms with E-state index in [0.29, 0.717) is 12.2 Å². The number of carbonyl (C=O) groups excluding carboxylic acids is 1. The molecule has 0 fully saturated rings. The fraction of sp³-hybridized carbons (Fsp3) is 0.240. The van der Waals surface area contributed by atoms with Crippen molar-refractivity contribution in [1.29, 1.82) is 0 Å². The first-order valence-electron chi connectivity index (χ1n) is 10.5. The molecular weight excluding hydrogens is 504 g/mol. The highest BCUT2D eigenvalue weighted by Crippen LogP contribution is 2.26. The Hall–Kier alpha value is -2.84. The Bertz CT molecular complexity index is 1180. The van der Waals surface area contributed by atoms with Gasteiger partial charge in [-0.1, -0.05) is 51.8 Å². The molecule has 0 unspecified atom stereocenters. The summed E-state index contributed by atoms with van der Waals surface area (Å²) < 4.78 is 33.8. The Morgan fingerprint density at radius 3 is 2.36 bits per heavy atom. The highest BCUT2D eigenvalue weighted by atomic mass is 79.9. The van der Waals surface area contributed by atoms with Crippen LogP contribution >= 0.6 is 15.9 Å². The standard InChI is InChI=1S/C25H27BrN2O4S/c1-19-8-14-24(15-9-19)33(30,31)28(22-7-3-6-21(26)17-22)18-25(29)27-16-4-5-20-10-12-23(32-2)13-11-20/h3,6-15,17H,4-5,16,18H2,1-2H3,(H,27,29). The molecule has 0 spiro atoms. The first-order valence-corrected chi connectivity index (χ1v) is 12.8. The van der Waals surface area contributed by atoms with Crippen LogP contribution in [0.25, 0.3) is 0 Å². The molecular formula is C25H27BrN2O4S. The molecule has 3 aromatic carbocycles. The highest BCUT2D eigenvalue weighted by molar-refractivity contribution is 9.10. The van der Waals surface area contributed by atoms with Crippen molar-refractivity contribution >= 4 is 37.5 Å². The van der Waals surface area contributed by atoms with Crippen LogP contribution in [0.5, 0.6) is 5.75 Å². The maximum atomic E-state index is 13.4. The molecule has 0 aliphatic heterocycles. The molecule has 33 heavy (non-hydrogen) atoms. The number of hydrogen-bond acceptors (Lipinski definition) is 4. The number of rotatable bonds is 10. The Labute approximate surface area is 203 Å². The second-order valence-corrected chi connectivity index (χ2v) is 10.4. The predicted octanol–water partition coefficient (Wildman–Crippen LogP) is 4.71. The smallest absolute Gasteiger partial charge is 0.264 e. The first kappa shape index (κ1) is 24.8. The van der Waals surface area contributed by atoms with Gasteiger partial charge in [0.1, 0.15) is 12.3 Å². The summed E-state index contributed by atoms with van der Waals surface area (Å²) in [5.41, 5.74) is 2.51. The van der Waals surface area contributed by atoms with Gasteiger partial charge in [-0.25, -0.2) is 8.42 Å². The molecule has 6 nitrogen and oxygen atoms in total. The van der Waals surface area contributed by atoms with E-state index in [2.05, 4.69) is 21.2 Å². The zero-order valence-corrected chi connectivity index (χ0v) is 21.0. The van der Waals surface area contributed by atoms with Gasteiger partial charge in [-0.05, 0) is 67.8 Å². The van der Waals surface area contributed by atoms with E-state index in [-0.39, 0.29) is 17.3 Å². The second kappa shape index (κ2) is 11.3. The fourth-order valence-corrected chi connectivity index (χ4v) is 5.08. The second-order valence-electron chi connectivity index (χ2n) is 7.61. The molecule has 0 aliphatic carbocycles. The highest BCUT2D eigenvalue weighted by Gasteiger charge is 2.27. The number of ether oxygens (including phenoxy) is 1. The summed E-state index contributed by atoms with van der Waals surface area (Å²) in [5.74, 6) is 0.440. The summed E-state index contributed by atoms with van der Waals surface area (Å²) in [5, 5.41) is 2.84. The van der Waals surface area contributed by atoms with Gasteiger partial charge < -0.3 is 10.1 Å². The molecule has 0 heterocycles. The quantitative estimate of drug-likeness (QED) is 0.385. The van der Waals surface area contributed by atoms with Gasteiger partial charge in [-0.3, -0.25) is 9.10 Å². The fourth-order valence-electron chi connectivity index (χ4n) is 3.28. The van der Waals surface area contributed by atoms with E-state index < -0.39 is 10.0 Å². The van der Waals surface area contributed by atoms with Crippen LogP contribution in [0.2, 0.25) is 0 Å². The van der Waals surface area contributed by atoms with Crippen LogP contribution < -0.4 is 14.4 Å². The minimum Gasteiger partial charge on any atom is -0.497 e. The number of aryl methyl sites for hydroxylation is 2. The zero-order chi connectivity index (χ0) is 23.8. The van der Waals surface area contributed by atoms with Crippen LogP contribution in [-0.4, -0.2) is 34.5 Å². The third-order valence-corrected chi connectivity index (χ3v) is 7.40. The van der Waals surface area contributed by atoms with E-state index in [0.717, 1.165) is 38.5 Å². The minimum absolute atomic E-state index is 0.139. The number of amides is 1. The topological polar surface area (TPSA) is 75.7 Å². The summed E-state index contributed by atoms with van der Waals surface area (Å²) in [4.78, 5) is 12.8. The van der Waals surface area contributed by atoms with E-state index in [1.54, 1.807) is 55.6 Å². The van der Waals surface area contributed by atoms with Crippen molar-refractivity contribution < 1.29 is 17.9 Å². The van der Waals surface area contributed by atoms with Crippen LogP contribution in [0.4, 0.5) is 5.69 Å². The van der Waals surface area contributed by atoms with Crippen LogP contribution in [0, 0.1) is 6.92 Å². The number of methoxy groups -OCH3 is 1. The molecule has 0 bridgehead atoms. The Morgan fingerprint density at radius 2 is 1.73 bits per heavy atom. The molecule has 0 aliphatic rings. The van der Waals surface area contributed by atoms with E-state index >= 15 is 0 Å². The third kappa shape index (κ3) is 6.82. The summed E-state index contributed by atoms with van der Waals surface area (Å²) in [6.07, 6.45) is 1.53. The molecule has 0 radical (unpaired) electrons. The molecule has 174 valence electrons. The van der Waals surface area contributed by atoms with Crippen LogP contribution in [0.1, 0.15) is 17.5 Å².